The fraction of sp³-hybridized carbons (Fsp3) is 0.182. The molecule has 1 unspecified atom stereocenters. The lowest BCUT2D eigenvalue weighted by molar-refractivity contribution is -0.113. The van der Waals surface area contributed by atoms with Gasteiger partial charge >= 0.3 is 0 Å². The molecule has 0 bridgehead atoms. The minimum atomic E-state index is -0.443. The Balaban J connectivity index is 1.43. The number of thioether (sulfide) groups is 1. The first kappa shape index (κ1) is 23.6. The van der Waals surface area contributed by atoms with Gasteiger partial charge < -0.3 is 10.1 Å². The van der Waals surface area contributed by atoms with Crippen LogP contribution in [0.1, 0.15) is 18.9 Å². The minimum Gasteiger partial charge on any atom is -0.481 e. The molecule has 0 spiro atoms. The standard InChI is InChI=1S/C22H19Cl2N5O2S2/c1-3-10-29-20(13(2)31-17-9-8-14(23)11-15(17)24)27-28-22(29)32-12-19(30)26-21-25-16-6-4-5-7-18(16)33-21/h3-9,11,13H,1,10,12H2,2H3,(H,25,26,30). The number of halogens is 2. The van der Waals surface area contributed by atoms with E-state index < -0.39 is 6.10 Å². The van der Waals surface area contributed by atoms with Gasteiger partial charge in [-0.1, -0.05) is 64.5 Å². The number of para-hydroxylation sites is 1. The number of fused-ring (bicyclic) bond motifs is 1. The van der Waals surface area contributed by atoms with Gasteiger partial charge in [-0.25, -0.2) is 4.98 Å². The van der Waals surface area contributed by atoms with Crippen molar-refractivity contribution >= 4 is 67.6 Å². The number of nitrogens with one attached hydrogen (secondary N) is 1. The summed E-state index contributed by atoms with van der Waals surface area (Å²) in [6.07, 6.45) is 1.29. The van der Waals surface area contributed by atoms with Gasteiger partial charge in [-0.2, -0.15) is 0 Å². The molecular formula is C22H19Cl2N5O2S2. The third kappa shape index (κ3) is 5.67. The topological polar surface area (TPSA) is 81.9 Å². The molecule has 2 aromatic carbocycles. The van der Waals surface area contributed by atoms with Gasteiger partial charge in [0.2, 0.25) is 5.91 Å². The van der Waals surface area contributed by atoms with Gasteiger partial charge in [-0.3, -0.25) is 9.36 Å². The zero-order valence-corrected chi connectivity index (χ0v) is 20.6. The quantitative estimate of drug-likeness (QED) is 0.208. The van der Waals surface area contributed by atoms with Gasteiger partial charge in [0.1, 0.15) is 5.75 Å². The largest absolute Gasteiger partial charge is 0.481 e. The third-order valence-electron chi connectivity index (χ3n) is 4.49. The van der Waals surface area contributed by atoms with Crippen molar-refractivity contribution in [2.45, 2.75) is 24.7 Å². The number of thiazole rings is 1. The number of amides is 1. The first-order valence-electron chi connectivity index (χ1n) is 9.88. The second-order valence-corrected chi connectivity index (χ2v) is 9.72. The van der Waals surface area contributed by atoms with Crippen molar-refractivity contribution in [3.63, 3.8) is 0 Å². The predicted molar refractivity (Wildman–Crippen MR) is 135 cm³/mol. The molecule has 0 radical (unpaired) electrons. The molecule has 0 aliphatic carbocycles. The Bertz CT molecular complexity index is 1270. The van der Waals surface area contributed by atoms with E-state index in [4.69, 9.17) is 27.9 Å². The van der Waals surface area contributed by atoms with E-state index in [0.29, 0.717) is 38.5 Å². The van der Waals surface area contributed by atoms with Crippen LogP contribution in [0.4, 0.5) is 5.13 Å². The number of carbonyl (C=O) groups excluding carboxylic acids is 1. The molecule has 1 atom stereocenters. The summed E-state index contributed by atoms with van der Waals surface area (Å²) in [5, 5.41) is 13.5. The molecule has 1 N–H and O–H groups in total. The van der Waals surface area contributed by atoms with E-state index in [-0.39, 0.29) is 11.7 Å². The summed E-state index contributed by atoms with van der Waals surface area (Å²) in [6, 6.07) is 12.8. The van der Waals surface area contributed by atoms with Crippen LogP contribution in [0.5, 0.6) is 5.75 Å². The first-order valence-corrected chi connectivity index (χ1v) is 12.4. The highest BCUT2D eigenvalue weighted by Gasteiger charge is 2.21. The van der Waals surface area contributed by atoms with Crippen LogP contribution in [0.2, 0.25) is 10.0 Å². The van der Waals surface area contributed by atoms with E-state index in [0.717, 1.165) is 10.2 Å². The number of allylic oxidation sites excluding steroid dienone is 1. The molecule has 0 saturated carbocycles. The van der Waals surface area contributed by atoms with Gasteiger partial charge in [-0.15, -0.1) is 16.8 Å². The molecule has 11 heteroatoms. The molecule has 7 nitrogen and oxygen atoms in total. The van der Waals surface area contributed by atoms with Gasteiger partial charge in [0, 0.05) is 11.6 Å². The molecule has 33 heavy (non-hydrogen) atoms. The molecule has 0 aliphatic rings. The van der Waals surface area contributed by atoms with Crippen LogP contribution >= 0.6 is 46.3 Å². The Labute approximate surface area is 208 Å². The maximum absolute atomic E-state index is 12.5. The predicted octanol–water partition coefficient (Wildman–Crippen LogP) is 6.25. The number of carbonyl (C=O) groups is 1. The van der Waals surface area contributed by atoms with Crippen LogP contribution in [0.25, 0.3) is 10.2 Å². The highest BCUT2D eigenvalue weighted by atomic mass is 35.5. The number of anilines is 1. The van der Waals surface area contributed by atoms with E-state index in [1.165, 1.54) is 23.1 Å². The van der Waals surface area contributed by atoms with E-state index in [1.54, 1.807) is 24.3 Å². The molecule has 170 valence electrons. The molecule has 4 rings (SSSR count). The number of ether oxygens (including phenoxy) is 1. The zero-order valence-electron chi connectivity index (χ0n) is 17.5. The van der Waals surface area contributed by atoms with Crippen molar-refractivity contribution < 1.29 is 9.53 Å². The second-order valence-electron chi connectivity index (χ2n) is 6.90. The first-order chi connectivity index (χ1) is 15.9. The maximum Gasteiger partial charge on any atom is 0.236 e. The van der Waals surface area contributed by atoms with Crippen molar-refractivity contribution in [2.24, 2.45) is 0 Å². The number of hydrogen-bond donors (Lipinski definition) is 1. The summed E-state index contributed by atoms with van der Waals surface area (Å²) < 4.78 is 8.85. The molecular weight excluding hydrogens is 501 g/mol. The number of rotatable bonds is 9. The summed E-state index contributed by atoms with van der Waals surface area (Å²) in [4.78, 5) is 16.9. The van der Waals surface area contributed by atoms with Crippen molar-refractivity contribution in [3.05, 3.63) is 71.0 Å². The van der Waals surface area contributed by atoms with Gasteiger partial charge in [0.25, 0.3) is 0 Å². The summed E-state index contributed by atoms with van der Waals surface area (Å²) >= 11 is 14.9. The third-order valence-corrected chi connectivity index (χ3v) is 6.94. The van der Waals surface area contributed by atoms with Gasteiger partial charge in [0.05, 0.1) is 21.0 Å². The van der Waals surface area contributed by atoms with Gasteiger partial charge in [0.15, 0.2) is 22.2 Å². The van der Waals surface area contributed by atoms with E-state index in [2.05, 4.69) is 27.1 Å². The Morgan fingerprint density at radius 2 is 2.12 bits per heavy atom. The average Bonchev–Trinajstić information content (AvgIpc) is 3.38. The highest BCUT2D eigenvalue weighted by Crippen LogP contribution is 2.32. The average molecular weight is 520 g/mol. The summed E-state index contributed by atoms with van der Waals surface area (Å²) in [5.74, 6) is 1.07. The highest BCUT2D eigenvalue weighted by molar-refractivity contribution is 7.99. The Morgan fingerprint density at radius 3 is 2.88 bits per heavy atom. The summed E-state index contributed by atoms with van der Waals surface area (Å²) in [7, 11) is 0. The fourth-order valence-corrected chi connectivity index (χ4v) is 5.12. The zero-order chi connectivity index (χ0) is 23.4. The smallest absolute Gasteiger partial charge is 0.236 e. The maximum atomic E-state index is 12.5. The molecule has 2 heterocycles. The van der Waals surface area contributed by atoms with Crippen LogP contribution in [0.15, 0.2) is 60.3 Å². The molecule has 0 aliphatic heterocycles. The van der Waals surface area contributed by atoms with Crippen LogP contribution in [0, 0.1) is 0 Å². The van der Waals surface area contributed by atoms with Crippen molar-refractivity contribution in [3.8, 4) is 5.75 Å². The van der Waals surface area contributed by atoms with Crippen molar-refractivity contribution in [1.29, 1.82) is 0 Å². The second kappa shape index (κ2) is 10.6. The van der Waals surface area contributed by atoms with Gasteiger partial charge in [-0.05, 0) is 37.3 Å². The van der Waals surface area contributed by atoms with Crippen molar-refractivity contribution in [2.75, 3.05) is 11.1 Å². The molecule has 0 saturated heterocycles. The lowest BCUT2D eigenvalue weighted by atomic mass is 10.3. The van der Waals surface area contributed by atoms with Crippen LogP contribution < -0.4 is 10.1 Å². The molecule has 0 fully saturated rings. The number of benzene rings is 2. The molecule has 2 aromatic heterocycles. The Hall–Kier alpha value is -2.59. The molecule has 1 amide bonds. The lowest BCUT2D eigenvalue weighted by Crippen LogP contribution is -2.15. The monoisotopic (exact) mass is 519 g/mol. The summed E-state index contributed by atoms with van der Waals surface area (Å²) in [6.45, 7) is 6.12. The Morgan fingerprint density at radius 1 is 1.30 bits per heavy atom. The minimum absolute atomic E-state index is 0.156. The number of hydrogen-bond acceptors (Lipinski definition) is 7. The SMILES string of the molecule is C=CCn1c(SCC(=O)Nc2nc3ccccc3s2)nnc1C(C)Oc1ccc(Cl)cc1Cl. The van der Waals surface area contributed by atoms with Crippen LogP contribution in [-0.2, 0) is 11.3 Å². The van der Waals surface area contributed by atoms with Crippen LogP contribution in [-0.4, -0.2) is 31.4 Å². The Kier molecular flexibility index (Phi) is 7.54. The van der Waals surface area contributed by atoms with Crippen LogP contribution in [0.3, 0.4) is 0 Å². The number of aromatic nitrogens is 4. The van der Waals surface area contributed by atoms with E-state index >= 15 is 0 Å². The van der Waals surface area contributed by atoms with E-state index in [1.807, 2.05) is 35.8 Å². The van der Waals surface area contributed by atoms with Crippen molar-refractivity contribution in [1.82, 2.24) is 19.7 Å². The normalized spacial score (nSPS) is 12.0. The lowest BCUT2D eigenvalue weighted by Gasteiger charge is -2.16. The fourth-order valence-electron chi connectivity index (χ4n) is 3.03. The summed E-state index contributed by atoms with van der Waals surface area (Å²) in [5.41, 5.74) is 0.857. The molecule has 4 aromatic rings. The van der Waals surface area contributed by atoms with E-state index in [9.17, 15) is 4.79 Å². The number of nitrogens with zero attached hydrogens (tertiary/aromatic N) is 4.